The highest BCUT2D eigenvalue weighted by molar-refractivity contribution is 5.94. The Hall–Kier alpha value is -1.89. The smallest absolute Gasteiger partial charge is 0.274 e. The van der Waals surface area contributed by atoms with Gasteiger partial charge in [-0.3, -0.25) is 14.7 Å². The first-order valence-electron chi connectivity index (χ1n) is 7.91. The quantitative estimate of drug-likeness (QED) is 0.882. The summed E-state index contributed by atoms with van der Waals surface area (Å²) in [4.78, 5) is 28.2. The van der Waals surface area contributed by atoms with Crippen LogP contribution in [0.5, 0.6) is 0 Å². The molecule has 7 heteroatoms. The van der Waals surface area contributed by atoms with Crippen LogP contribution in [-0.4, -0.2) is 64.7 Å². The summed E-state index contributed by atoms with van der Waals surface area (Å²) in [5, 5.41) is 7.18. The van der Waals surface area contributed by atoms with Gasteiger partial charge in [0, 0.05) is 50.5 Å². The van der Waals surface area contributed by atoms with Crippen molar-refractivity contribution in [2.24, 2.45) is 0 Å². The van der Waals surface area contributed by atoms with Crippen LogP contribution in [0.2, 0.25) is 0 Å². The molecule has 1 N–H and O–H groups in total. The first-order chi connectivity index (χ1) is 10.7. The Labute approximate surface area is 129 Å². The van der Waals surface area contributed by atoms with Crippen molar-refractivity contribution in [3.8, 4) is 0 Å². The maximum absolute atomic E-state index is 12.5. The Bertz CT molecular complexity index is 563. The molecule has 3 heterocycles. The molecule has 0 radical (unpaired) electrons. The van der Waals surface area contributed by atoms with E-state index < -0.39 is 0 Å². The van der Waals surface area contributed by atoms with Gasteiger partial charge in [-0.15, -0.1) is 0 Å². The van der Waals surface area contributed by atoms with Gasteiger partial charge in [0.05, 0.1) is 0 Å². The van der Waals surface area contributed by atoms with E-state index in [1.165, 1.54) is 0 Å². The topological polar surface area (TPSA) is 78.5 Å². The van der Waals surface area contributed by atoms with E-state index in [9.17, 15) is 9.59 Å². The van der Waals surface area contributed by atoms with Crippen LogP contribution < -0.4 is 0 Å². The number of hydrogen-bond donors (Lipinski definition) is 1. The highest BCUT2D eigenvalue weighted by Gasteiger charge is 2.30. The summed E-state index contributed by atoms with van der Waals surface area (Å²) in [6, 6.07) is 0. The molecule has 2 aliphatic heterocycles. The highest BCUT2D eigenvalue weighted by Crippen LogP contribution is 2.23. The van der Waals surface area contributed by atoms with Crippen molar-refractivity contribution in [2.45, 2.75) is 32.7 Å². The third-order valence-corrected chi connectivity index (χ3v) is 4.31. The molecule has 1 fully saturated rings. The van der Waals surface area contributed by atoms with Crippen molar-refractivity contribution in [3.05, 3.63) is 17.0 Å². The number of aromatic nitrogens is 2. The van der Waals surface area contributed by atoms with Gasteiger partial charge in [0.2, 0.25) is 5.91 Å². The Kier molecular flexibility index (Phi) is 4.42. The van der Waals surface area contributed by atoms with E-state index in [2.05, 4.69) is 10.2 Å². The predicted octanol–water partition coefficient (Wildman–Crippen LogP) is 0.567. The molecule has 120 valence electrons. The largest absolute Gasteiger partial charge is 0.372 e. The summed E-state index contributed by atoms with van der Waals surface area (Å²) >= 11 is 0. The Morgan fingerprint density at radius 2 is 2.00 bits per heavy atom. The zero-order chi connectivity index (χ0) is 15.5. The third-order valence-electron chi connectivity index (χ3n) is 4.31. The minimum Gasteiger partial charge on any atom is -0.372 e. The molecule has 0 saturated carbocycles. The fourth-order valence-corrected chi connectivity index (χ4v) is 3.04. The van der Waals surface area contributed by atoms with Crippen molar-refractivity contribution in [1.29, 1.82) is 0 Å². The van der Waals surface area contributed by atoms with Gasteiger partial charge in [-0.1, -0.05) is 0 Å². The first-order valence-corrected chi connectivity index (χ1v) is 7.91. The van der Waals surface area contributed by atoms with Gasteiger partial charge in [0.25, 0.3) is 5.91 Å². The lowest BCUT2D eigenvalue weighted by Gasteiger charge is -2.27. The average Bonchev–Trinajstić information content (AvgIpc) is 3.20. The molecular weight excluding hydrogens is 284 g/mol. The minimum atomic E-state index is -0.0340. The molecule has 1 aromatic rings. The second-order valence-electron chi connectivity index (χ2n) is 5.73. The summed E-state index contributed by atoms with van der Waals surface area (Å²) in [6.07, 6.45) is 2.81. The molecule has 0 atom stereocenters. The Balaban J connectivity index is 1.73. The van der Waals surface area contributed by atoms with Crippen molar-refractivity contribution in [1.82, 2.24) is 20.0 Å². The zero-order valence-electron chi connectivity index (χ0n) is 12.9. The van der Waals surface area contributed by atoms with E-state index in [0.717, 1.165) is 37.2 Å². The fraction of sp³-hybridized carbons (Fsp3) is 0.667. The van der Waals surface area contributed by atoms with Crippen LogP contribution in [0, 0.1) is 0 Å². The SMILES string of the molecule is CCOCC(=O)N1CCc2[nH]nc(C(=O)N3CCCC3)c2C1. The van der Waals surface area contributed by atoms with Crippen LogP contribution in [0.1, 0.15) is 41.5 Å². The molecule has 3 rings (SSSR count). The molecule has 1 saturated heterocycles. The van der Waals surface area contributed by atoms with Gasteiger partial charge in [-0.2, -0.15) is 5.10 Å². The lowest BCUT2D eigenvalue weighted by Crippen LogP contribution is -2.39. The number of nitrogens with zero attached hydrogens (tertiary/aromatic N) is 3. The van der Waals surface area contributed by atoms with Gasteiger partial charge in [0.1, 0.15) is 6.61 Å². The van der Waals surface area contributed by atoms with Gasteiger partial charge in [-0.05, 0) is 19.8 Å². The minimum absolute atomic E-state index is 0.0193. The second kappa shape index (κ2) is 6.48. The van der Waals surface area contributed by atoms with Gasteiger partial charge in [0.15, 0.2) is 5.69 Å². The molecule has 2 aliphatic rings. The van der Waals surface area contributed by atoms with Crippen LogP contribution in [0.25, 0.3) is 0 Å². The van der Waals surface area contributed by atoms with E-state index in [4.69, 9.17) is 4.74 Å². The Morgan fingerprint density at radius 3 is 2.73 bits per heavy atom. The van der Waals surface area contributed by atoms with E-state index in [1.807, 2.05) is 11.8 Å². The van der Waals surface area contributed by atoms with Crippen molar-refractivity contribution in [3.63, 3.8) is 0 Å². The molecule has 0 aliphatic carbocycles. The summed E-state index contributed by atoms with van der Waals surface area (Å²) < 4.78 is 5.19. The lowest BCUT2D eigenvalue weighted by molar-refractivity contribution is -0.136. The van der Waals surface area contributed by atoms with E-state index >= 15 is 0 Å². The van der Waals surface area contributed by atoms with Crippen LogP contribution in [0.15, 0.2) is 0 Å². The standard InChI is InChI=1S/C15H22N4O3/c1-2-22-10-13(20)19-8-5-12-11(9-19)14(17-16-12)15(21)18-6-3-4-7-18/h2-10H2,1H3,(H,16,17). The molecule has 0 unspecified atom stereocenters. The zero-order valence-corrected chi connectivity index (χ0v) is 12.9. The lowest BCUT2D eigenvalue weighted by atomic mass is 10.0. The molecule has 1 aromatic heterocycles. The van der Waals surface area contributed by atoms with Gasteiger partial charge < -0.3 is 14.5 Å². The van der Waals surface area contributed by atoms with Crippen LogP contribution >= 0.6 is 0 Å². The van der Waals surface area contributed by atoms with Crippen molar-refractivity contribution < 1.29 is 14.3 Å². The molecular formula is C15H22N4O3. The van der Waals surface area contributed by atoms with E-state index in [1.54, 1.807) is 4.90 Å². The van der Waals surface area contributed by atoms with Crippen molar-refractivity contribution in [2.75, 3.05) is 32.8 Å². The van der Waals surface area contributed by atoms with Crippen molar-refractivity contribution >= 4 is 11.8 Å². The third kappa shape index (κ3) is 2.85. The highest BCUT2D eigenvalue weighted by atomic mass is 16.5. The number of aromatic amines is 1. The summed E-state index contributed by atoms with van der Waals surface area (Å²) in [5.41, 5.74) is 2.32. The maximum Gasteiger partial charge on any atom is 0.274 e. The number of H-pyrrole nitrogens is 1. The number of carbonyl (C=O) groups excluding carboxylic acids is 2. The summed E-state index contributed by atoms with van der Waals surface area (Å²) in [5.74, 6) is -0.0534. The maximum atomic E-state index is 12.5. The number of hydrogen-bond acceptors (Lipinski definition) is 4. The van der Waals surface area contributed by atoms with Crippen LogP contribution in [-0.2, 0) is 22.5 Å². The predicted molar refractivity (Wildman–Crippen MR) is 79.3 cm³/mol. The average molecular weight is 306 g/mol. The number of carbonyl (C=O) groups is 2. The number of ether oxygens (including phenoxy) is 1. The molecule has 0 bridgehead atoms. The number of likely N-dealkylation sites (tertiary alicyclic amines) is 1. The van der Waals surface area contributed by atoms with E-state index in [-0.39, 0.29) is 18.4 Å². The fourth-order valence-electron chi connectivity index (χ4n) is 3.04. The normalized spacial score (nSPS) is 17.7. The molecule has 0 aromatic carbocycles. The number of amides is 2. The van der Waals surface area contributed by atoms with Gasteiger partial charge in [-0.25, -0.2) is 0 Å². The molecule has 7 nitrogen and oxygen atoms in total. The molecule has 2 amide bonds. The number of fused-ring (bicyclic) bond motifs is 1. The van der Waals surface area contributed by atoms with Crippen LogP contribution in [0.4, 0.5) is 0 Å². The summed E-state index contributed by atoms with van der Waals surface area (Å²) in [6.45, 7) is 5.16. The first kappa shape index (κ1) is 15.0. The monoisotopic (exact) mass is 306 g/mol. The Morgan fingerprint density at radius 1 is 1.23 bits per heavy atom. The number of nitrogens with one attached hydrogen (secondary N) is 1. The summed E-state index contributed by atoms with van der Waals surface area (Å²) in [7, 11) is 0. The van der Waals surface area contributed by atoms with E-state index in [0.29, 0.717) is 31.8 Å². The molecule has 22 heavy (non-hydrogen) atoms. The van der Waals surface area contributed by atoms with Crippen LogP contribution in [0.3, 0.4) is 0 Å². The molecule has 0 spiro atoms. The van der Waals surface area contributed by atoms with Gasteiger partial charge >= 0.3 is 0 Å². The number of rotatable bonds is 4. The second-order valence-corrected chi connectivity index (χ2v) is 5.73.